The topological polar surface area (TPSA) is 46.6 Å². The van der Waals surface area contributed by atoms with Crippen LogP contribution >= 0.6 is 31.9 Å². The third kappa shape index (κ3) is 3.39. The summed E-state index contributed by atoms with van der Waals surface area (Å²) in [5, 5.41) is 0. The zero-order chi connectivity index (χ0) is 14.0. The van der Waals surface area contributed by atoms with Crippen molar-refractivity contribution in [2.24, 2.45) is 0 Å². The van der Waals surface area contributed by atoms with Crippen molar-refractivity contribution in [3.63, 3.8) is 0 Å². The van der Waals surface area contributed by atoms with Crippen LogP contribution in [0.15, 0.2) is 32.0 Å². The number of rotatable bonds is 3. The van der Waals surface area contributed by atoms with Gasteiger partial charge in [-0.05, 0) is 47.0 Å². The summed E-state index contributed by atoms with van der Waals surface area (Å²) in [6, 6.07) is 5.10. The van der Waals surface area contributed by atoms with Gasteiger partial charge in [-0.25, -0.2) is 8.42 Å². The first kappa shape index (κ1) is 15.4. The number of methoxy groups -OCH3 is 1. The molecule has 106 valence electrons. The van der Waals surface area contributed by atoms with Crippen molar-refractivity contribution in [1.29, 1.82) is 0 Å². The molecule has 1 aromatic carbocycles. The number of hydrogen-bond donors (Lipinski definition) is 0. The Morgan fingerprint density at radius 1 is 1.26 bits per heavy atom. The van der Waals surface area contributed by atoms with Crippen LogP contribution in [0.2, 0.25) is 0 Å². The second-order valence-corrected chi connectivity index (χ2v) is 8.09. The molecule has 0 bridgehead atoms. The maximum Gasteiger partial charge on any atom is 0.244 e. The van der Waals surface area contributed by atoms with E-state index in [-0.39, 0.29) is 6.10 Å². The molecule has 1 aliphatic rings. The van der Waals surface area contributed by atoms with Gasteiger partial charge in [0.25, 0.3) is 0 Å². The Hall–Kier alpha value is 0.0500. The maximum absolute atomic E-state index is 12.6. The van der Waals surface area contributed by atoms with Gasteiger partial charge >= 0.3 is 0 Å². The summed E-state index contributed by atoms with van der Waals surface area (Å²) in [5.41, 5.74) is 0. The van der Waals surface area contributed by atoms with Gasteiger partial charge in [-0.3, -0.25) is 0 Å². The first-order valence-corrected chi connectivity index (χ1v) is 8.95. The molecule has 1 saturated heterocycles. The van der Waals surface area contributed by atoms with E-state index in [9.17, 15) is 8.42 Å². The molecule has 4 nitrogen and oxygen atoms in total. The van der Waals surface area contributed by atoms with E-state index in [0.29, 0.717) is 22.5 Å². The molecule has 2 rings (SSSR count). The number of nitrogens with zero attached hydrogens (tertiary/aromatic N) is 1. The highest BCUT2D eigenvalue weighted by Gasteiger charge is 2.30. The molecule has 0 radical (unpaired) electrons. The highest BCUT2D eigenvalue weighted by atomic mass is 79.9. The Kier molecular flexibility index (Phi) is 5.05. The van der Waals surface area contributed by atoms with Crippen LogP contribution in [0.1, 0.15) is 12.8 Å². The van der Waals surface area contributed by atoms with Crippen LogP contribution in [0, 0.1) is 0 Å². The molecule has 0 atom stereocenters. The summed E-state index contributed by atoms with van der Waals surface area (Å²) >= 11 is 6.64. The summed E-state index contributed by atoms with van der Waals surface area (Å²) in [6.07, 6.45) is 1.65. The predicted molar refractivity (Wildman–Crippen MR) is 80.6 cm³/mol. The van der Waals surface area contributed by atoms with Gasteiger partial charge in [0.1, 0.15) is 0 Å². The van der Waals surface area contributed by atoms with Gasteiger partial charge in [-0.15, -0.1) is 0 Å². The number of piperidine rings is 1. The van der Waals surface area contributed by atoms with E-state index in [1.165, 1.54) is 4.31 Å². The van der Waals surface area contributed by atoms with Gasteiger partial charge in [-0.2, -0.15) is 4.31 Å². The van der Waals surface area contributed by atoms with Gasteiger partial charge in [0.15, 0.2) is 0 Å². The highest BCUT2D eigenvalue weighted by molar-refractivity contribution is 9.11. The van der Waals surface area contributed by atoms with E-state index in [4.69, 9.17) is 4.74 Å². The van der Waals surface area contributed by atoms with Crippen LogP contribution in [0.4, 0.5) is 0 Å². The Morgan fingerprint density at radius 3 is 2.42 bits per heavy atom. The lowest BCUT2D eigenvalue weighted by atomic mass is 10.1. The molecule has 0 spiro atoms. The minimum absolute atomic E-state index is 0.166. The van der Waals surface area contributed by atoms with Crippen LogP contribution in [-0.2, 0) is 14.8 Å². The standard InChI is InChI=1S/C12H15Br2NO3S/c1-18-10-4-6-15(7-5-10)19(16,17)12-3-2-9(13)8-11(12)14/h2-3,8,10H,4-7H2,1H3. The van der Waals surface area contributed by atoms with Crippen molar-refractivity contribution in [1.82, 2.24) is 4.31 Å². The molecule has 0 N–H and O–H groups in total. The largest absolute Gasteiger partial charge is 0.381 e. The second kappa shape index (κ2) is 6.22. The molecule has 1 aromatic rings. The second-order valence-electron chi connectivity index (χ2n) is 4.41. The molecule has 0 aromatic heterocycles. The molecule has 0 saturated carbocycles. The number of hydrogen-bond acceptors (Lipinski definition) is 3. The lowest BCUT2D eigenvalue weighted by Gasteiger charge is -2.30. The first-order valence-electron chi connectivity index (χ1n) is 5.93. The fourth-order valence-corrected chi connectivity index (χ4v) is 5.31. The highest BCUT2D eigenvalue weighted by Crippen LogP contribution is 2.29. The molecule has 19 heavy (non-hydrogen) atoms. The molecule has 1 heterocycles. The average molecular weight is 413 g/mol. The van der Waals surface area contributed by atoms with Crippen molar-refractivity contribution < 1.29 is 13.2 Å². The number of ether oxygens (including phenoxy) is 1. The predicted octanol–water partition coefficient (Wildman–Crippen LogP) is 3.01. The van der Waals surface area contributed by atoms with E-state index in [1.54, 1.807) is 25.3 Å². The summed E-state index contributed by atoms with van der Waals surface area (Å²) in [5.74, 6) is 0. The van der Waals surface area contributed by atoms with Crippen LogP contribution in [-0.4, -0.2) is 39.0 Å². The summed E-state index contributed by atoms with van der Waals surface area (Å²) in [6.45, 7) is 1.01. The minimum Gasteiger partial charge on any atom is -0.381 e. The molecule has 0 unspecified atom stereocenters. The molecular weight excluding hydrogens is 398 g/mol. The van der Waals surface area contributed by atoms with Gasteiger partial charge in [0.05, 0.1) is 11.0 Å². The van der Waals surface area contributed by atoms with E-state index < -0.39 is 10.0 Å². The Labute approximate surface area is 130 Å². The molecule has 0 aliphatic carbocycles. The lowest BCUT2D eigenvalue weighted by Crippen LogP contribution is -2.40. The Morgan fingerprint density at radius 2 is 1.89 bits per heavy atom. The van der Waals surface area contributed by atoms with E-state index in [0.717, 1.165) is 17.3 Å². The lowest BCUT2D eigenvalue weighted by molar-refractivity contribution is 0.0604. The fraction of sp³-hybridized carbons (Fsp3) is 0.500. The quantitative estimate of drug-likeness (QED) is 0.766. The van der Waals surface area contributed by atoms with E-state index >= 15 is 0 Å². The normalized spacial score (nSPS) is 18.7. The zero-order valence-electron chi connectivity index (χ0n) is 10.5. The maximum atomic E-state index is 12.6. The third-order valence-electron chi connectivity index (χ3n) is 3.25. The number of halogens is 2. The molecule has 0 amide bonds. The Balaban J connectivity index is 2.23. The minimum atomic E-state index is -3.43. The van der Waals surface area contributed by atoms with Gasteiger partial charge in [0.2, 0.25) is 10.0 Å². The van der Waals surface area contributed by atoms with E-state index in [1.807, 2.05) is 0 Å². The van der Waals surface area contributed by atoms with Gasteiger partial charge in [-0.1, -0.05) is 15.9 Å². The Bertz CT molecular complexity index is 554. The van der Waals surface area contributed by atoms with Crippen LogP contribution < -0.4 is 0 Å². The fourth-order valence-electron chi connectivity index (χ4n) is 2.13. The molecular formula is C12H15Br2NO3S. The smallest absolute Gasteiger partial charge is 0.244 e. The van der Waals surface area contributed by atoms with Crippen LogP contribution in [0.25, 0.3) is 0 Å². The van der Waals surface area contributed by atoms with Crippen molar-refractivity contribution in [2.75, 3.05) is 20.2 Å². The molecule has 1 aliphatic heterocycles. The van der Waals surface area contributed by atoms with Crippen molar-refractivity contribution in [2.45, 2.75) is 23.8 Å². The van der Waals surface area contributed by atoms with Crippen molar-refractivity contribution >= 4 is 41.9 Å². The van der Waals surface area contributed by atoms with E-state index in [2.05, 4.69) is 31.9 Å². The van der Waals surface area contributed by atoms with Crippen LogP contribution in [0.5, 0.6) is 0 Å². The summed E-state index contributed by atoms with van der Waals surface area (Å²) in [4.78, 5) is 0.312. The SMILES string of the molecule is COC1CCN(S(=O)(=O)c2ccc(Br)cc2Br)CC1. The molecule has 7 heteroatoms. The summed E-state index contributed by atoms with van der Waals surface area (Å²) in [7, 11) is -1.76. The zero-order valence-corrected chi connectivity index (χ0v) is 14.5. The van der Waals surface area contributed by atoms with Crippen molar-refractivity contribution in [3.8, 4) is 0 Å². The third-order valence-corrected chi connectivity index (χ3v) is 6.61. The summed E-state index contributed by atoms with van der Waals surface area (Å²) < 4.78 is 33.3. The first-order chi connectivity index (χ1) is 8.95. The van der Waals surface area contributed by atoms with Crippen LogP contribution in [0.3, 0.4) is 0 Å². The molecule has 1 fully saturated rings. The average Bonchev–Trinajstić information content (AvgIpc) is 2.38. The monoisotopic (exact) mass is 411 g/mol. The number of benzene rings is 1. The van der Waals surface area contributed by atoms with Gasteiger partial charge < -0.3 is 4.74 Å². The number of sulfonamides is 1. The van der Waals surface area contributed by atoms with Crippen molar-refractivity contribution in [3.05, 3.63) is 27.1 Å². The van der Waals surface area contributed by atoms with Gasteiger partial charge in [0, 0.05) is 29.1 Å².